The maximum Gasteiger partial charge on any atom is 0.235 e. The van der Waals surface area contributed by atoms with Gasteiger partial charge in [-0.2, -0.15) is 0 Å². The van der Waals surface area contributed by atoms with E-state index in [1.54, 1.807) is 0 Å². The summed E-state index contributed by atoms with van der Waals surface area (Å²) in [6.07, 6.45) is -9.71. The summed E-state index contributed by atoms with van der Waals surface area (Å²) in [5, 5.41) is 0. The zero-order valence-corrected chi connectivity index (χ0v) is 43.8. The maximum absolute atomic E-state index is 13.2. The summed E-state index contributed by atoms with van der Waals surface area (Å²) < 4.78 is 95.8. The summed E-state index contributed by atoms with van der Waals surface area (Å²) in [7, 11) is 1.95. The van der Waals surface area contributed by atoms with E-state index in [1.165, 1.54) is 0 Å². The number of benzene rings is 7. The van der Waals surface area contributed by atoms with Crippen molar-refractivity contribution in [2.24, 2.45) is 0 Å². The van der Waals surface area contributed by atoms with E-state index in [1.807, 2.05) is 212 Å². The summed E-state index contributed by atoms with van der Waals surface area (Å²) >= 11 is 0. The Kier molecular flexibility index (Phi) is 20.8. The van der Waals surface area contributed by atoms with Crippen LogP contribution in [0.2, 0.25) is 0 Å². The molecule has 2 fully saturated rings. The van der Waals surface area contributed by atoms with Crippen LogP contribution in [0, 0.1) is 0 Å². The third-order valence-electron chi connectivity index (χ3n) is 13.2. The Morgan fingerprint density at radius 2 is 0.605 bits per heavy atom. The quantitative estimate of drug-likeness (QED) is 0.0455. The first-order valence-electron chi connectivity index (χ1n) is 25.7. The van der Waals surface area contributed by atoms with Crippen LogP contribution in [0.5, 0.6) is 0 Å². The summed E-state index contributed by atoms with van der Waals surface area (Å²) in [4.78, 5) is 0. The van der Waals surface area contributed by atoms with Gasteiger partial charge in [-0.15, -0.1) is 0 Å². The fraction of sp³-hybridized carbons (Fsp3) is 0.323. The Labute approximate surface area is 451 Å². The predicted octanol–water partition coefficient (Wildman–Crippen LogP) is 10.8. The van der Waals surface area contributed by atoms with E-state index in [2.05, 4.69) is 0 Å². The molecule has 0 aliphatic carbocycles. The van der Waals surface area contributed by atoms with Crippen molar-refractivity contribution in [3.8, 4) is 0 Å². The van der Waals surface area contributed by atoms with Gasteiger partial charge >= 0.3 is 0 Å². The molecule has 7 aromatic rings. The molecule has 0 unspecified atom stereocenters. The highest BCUT2D eigenvalue weighted by Gasteiger charge is 2.55. The molecule has 0 radical (unpaired) electrons. The number of hydrogen-bond donors (Lipinski definition) is 0. The standard InChI is InChI=1S/C62H65ClO12S/c63-76(64,65)45-55-57(69-39-49-28-14-4-15-29-49)59(70-40-50-30-16-5-17-31-50)58(54(73-55)44-67-37-47-24-10-2-11-25-47)75-62-61(72-42-52-34-20-7-21-35-52)60(71-41-51-32-18-6-19-33-51)56(68-38-48-26-12-3-13-27-48)53(74-62)43-66-36-46-22-8-1-9-23-46/h1-35,53-62H,36-45H2/t53-,54-,55+,56-,57+,58-,59-,60+,61-,62+/m1/s1. The second-order valence-corrected chi connectivity index (χ2v) is 21.7. The first-order chi connectivity index (χ1) is 37.3. The van der Waals surface area contributed by atoms with Crippen LogP contribution in [0.4, 0.5) is 0 Å². The van der Waals surface area contributed by atoms with Gasteiger partial charge in [-0.3, -0.25) is 0 Å². The van der Waals surface area contributed by atoms with Gasteiger partial charge < -0.3 is 47.4 Å². The van der Waals surface area contributed by atoms with Gasteiger partial charge in [0.25, 0.3) is 0 Å². The average molecular weight is 1070 g/mol. The van der Waals surface area contributed by atoms with E-state index in [9.17, 15) is 8.42 Å². The minimum Gasteiger partial charge on any atom is -0.374 e. The molecular formula is C62H65ClO12S. The molecule has 0 saturated carbocycles. The largest absolute Gasteiger partial charge is 0.374 e. The van der Waals surface area contributed by atoms with E-state index in [0.29, 0.717) is 6.61 Å². The molecule has 12 nitrogen and oxygen atoms in total. The van der Waals surface area contributed by atoms with Gasteiger partial charge in [-0.1, -0.05) is 212 Å². The third kappa shape index (κ3) is 16.7. The molecule has 0 spiro atoms. The number of ether oxygens (including phenoxy) is 10. The molecule has 9 rings (SSSR count). The average Bonchev–Trinajstić information content (AvgIpc) is 3.45. The molecule has 2 aliphatic heterocycles. The first-order valence-corrected chi connectivity index (χ1v) is 28.2. The lowest BCUT2D eigenvalue weighted by atomic mass is 9.93. The van der Waals surface area contributed by atoms with E-state index in [-0.39, 0.29) is 52.9 Å². The lowest BCUT2D eigenvalue weighted by Gasteiger charge is -2.50. The molecular weight excluding hydrogens is 1000 g/mol. The van der Waals surface area contributed by atoms with Crippen LogP contribution in [0.3, 0.4) is 0 Å². The van der Waals surface area contributed by atoms with Crippen molar-refractivity contribution >= 4 is 19.7 Å². The third-order valence-corrected chi connectivity index (χ3v) is 14.3. The van der Waals surface area contributed by atoms with E-state index < -0.39 is 76.0 Å². The van der Waals surface area contributed by atoms with Gasteiger partial charge in [0, 0.05) is 10.7 Å². The lowest BCUT2D eigenvalue weighted by Crippen LogP contribution is -2.66. The smallest absolute Gasteiger partial charge is 0.235 e. The molecule has 2 heterocycles. The van der Waals surface area contributed by atoms with Gasteiger partial charge in [0.2, 0.25) is 9.05 Å². The van der Waals surface area contributed by atoms with Crippen LogP contribution < -0.4 is 0 Å². The number of halogens is 1. The SMILES string of the molecule is O=S(=O)(Cl)C[C@@H]1O[C@H](COCc2ccccc2)[C@@H](O[C@@H]2O[C@H](COCc3ccccc3)[C@@H](OCc3ccccc3)[C@H](OCc3ccccc3)[C@H]2OCc2ccccc2)[C@H](OCc2ccccc2)[C@H]1OCc1ccccc1. The summed E-state index contributed by atoms with van der Waals surface area (Å²) in [6, 6.07) is 68.7. The highest BCUT2D eigenvalue weighted by Crippen LogP contribution is 2.37. The van der Waals surface area contributed by atoms with E-state index in [4.69, 9.17) is 58.1 Å². The fourth-order valence-electron chi connectivity index (χ4n) is 9.42. The Morgan fingerprint density at radius 3 is 0.947 bits per heavy atom. The van der Waals surface area contributed by atoms with Gasteiger partial charge in [-0.05, 0) is 38.9 Å². The second-order valence-electron chi connectivity index (χ2n) is 18.9. The molecule has 0 amide bonds. The number of hydrogen-bond acceptors (Lipinski definition) is 12. The van der Waals surface area contributed by atoms with Crippen molar-refractivity contribution in [3.05, 3.63) is 251 Å². The monoisotopic (exact) mass is 1070 g/mol. The first kappa shape index (κ1) is 55.1. The molecule has 0 aromatic heterocycles. The van der Waals surface area contributed by atoms with Crippen LogP contribution in [0.25, 0.3) is 0 Å². The van der Waals surface area contributed by atoms with Gasteiger partial charge in [0.05, 0.1) is 65.2 Å². The van der Waals surface area contributed by atoms with Crippen LogP contribution in [-0.2, 0) is 103 Å². The van der Waals surface area contributed by atoms with Crippen LogP contribution in [0.1, 0.15) is 38.9 Å². The van der Waals surface area contributed by atoms with Crippen molar-refractivity contribution in [1.29, 1.82) is 0 Å². The van der Waals surface area contributed by atoms with Gasteiger partial charge in [0.1, 0.15) is 54.9 Å². The molecule has 398 valence electrons. The Morgan fingerprint density at radius 1 is 0.329 bits per heavy atom. The van der Waals surface area contributed by atoms with Crippen LogP contribution >= 0.6 is 10.7 Å². The highest BCUT2D eigenvalue weighted by atomic mass is 35.7. The van der Waals surface area contributed by atoms with Crippen molar-refractivity contribution < 1.29 is 55.8 Å². The van der Waals surface area contributed by atoms with Crippen LogP contribution in [0.15, 0.2) is 212 Å². The van der Waals surface area contributed by atoms with E-state index >= 15 is 0 Å². The molecule has 2 saturated heterocycles. The minimum absolute atomic E-state index is 0.0440. The van der Waals surface area contributed by atoms with Crippen LogP contribution in [-0.4, -0.2) is 88.6 Å². The van der Waals surface area contributed by atoms with Gasteiger partial charge in [-0.25, -0.2) is 8.42 Å². The maximum atomic E-state index is 13.2. The molecule has 2 aliphatic rings. The lowest BCUT2D eigenvalue weighted by molar-refractivity contribution is -0.362. The molecule has 14 heteroatoms. The molecule has 76 heavy (non-hydrogen) atoms. The molecule has 10 atom stereocenters. The minimum atomic E-state index is -4.17. The van der Waals surface area contributed by atoms with Gasteiger partial charge in [0.15, 0.2) is 6.29 Å². The Hall–Kier alpha value is -5.62. The molecule has 0 N–H and O–H groups in total. The Balaban J connectivity index is 1.13. The number of rotatable bonds is 27. The molecule has 7 aromatic carbocycles. The van der Waals surface area contributed by atoms with E-state index in [0.717, 1.165) is 38.9 Å². The summed E-state index contributed by atoms with van der Waals surface area (Å²) in [5.41, 5.74) is 6.45. The second kappa shape index (κ2) is 28.7. The zero-order chi connectivity index (χ0) is 52.2. The summed E-state index contributed by atoms with van der Waals surface area (Å²) in [5.74, 6) is -0.583. The zero-order valence-electron chi connectivity index (χ0n) is 42.2. The molecule has 0 bridgehead atoms. The van der Waals surface area contributed by atoms with Crippen molar-refractivity contribution in [2.45, 2.75) is 107 Å². The Bertz CT molecular complexity index is 2830. The summed E-state index contributed by atoms with van der Waals surface area (Å²) in [6.45, 7) is 1.40. The highest BCUT2D eigenvalue weighted by molar-refractivity contribution is 8.13. The predicted molar refractivity (Wildman–Crippen MR) is 289 cm³/mol. The fourth-order valence-corrected chi connectivity index (χ4v) is 10.5. The van der Waals surface area contributed by atoms with Crippen molar-refractivity contribution in [1.82, 2.24) is 0 Å². The van der Waals surface area contributed by atoms with Crippen molar-refractivity contribution in [2.75, 3.05) is 19.0 Å². The normalized spacial score (nSPS) is 23.8. The van der Waals surface area contributed by atoms with Crippen molar-refractivity contribution in [3.63, 3.8) is 0 Å². The topological polar surface area (TPSA) is 126 Å².